The second-order valence-corrected chi connectivity index (χ2v) is 5.14. The SMILES string of the molecule is CC(=O)O[C@H]1[C@@H](N=[N+]=[N-])C[C@H](OP(=O)(O)O)O[C@H]1C. The van der Waals surface area contributed by atoms with Crippen LogP contribution in [-0.4, -0.2) is 40.3 Å². The van der Waals surface area contributed by atoms with Crippen molar-refractivity contribution in [3.05, 3.63) is 10.4 Å². The van der Waals surface area contributed by atoms with Gasteiger partial charge in [0.2, 0.25) is 0 Å². The first-order valence-electron chi connectivity index (χ1n) is 5.33. The molecule has 10 nitrogen and oxygen atoms in total. The summed E-state index contributed by atoms with van der Waals surface area (Å²) in [7, 11) is -4.72. The number of phosphoric acid groups is 1. The molecule has 11 heteroatoms. The van der Waals surface area contributed by atoms with Gasteiger partial charge in [-0.1, -0.05) is 5.11 Å². The van der Waals surface area contributed by atoms with Crippen LogP contribution < -0.4 is 0 Å². The first kappa shape index (κ1) is 15.9. The Morgan fingerprint density at radius 2 is 2.21 bits per heavy atom. The van der Waals surface area contributed by atoms with Gasteiger partial charge in [0.05, 0.1) is 12.1 Å². The van der Waals surface area contributed by atoms with Gasteiger partial charge in [-0.05, 0) is 12.5 Å². The third kappa shape index (κ3) is 5.15. The molecule has 0 spiro atoms. The molecule has 2 N–H and O–H groups in total. The summed E-state index contributed by atoms with van der Waals surface area (Å²) in [5.41, 5.74) is 8.46. The molecule has 0 bridgehead atoms. The van der Waals surface area contributed by atoms with Crippen molar-refractivity contribution in [1.29, 1.82) is 0 Å². The molecule has 0 aromatic heterocycles. The van der Waals surface area contributed by atoms with E-state index in [1.54, 1.807) is 0 Å². The molecule has 19 heavy (non-hydrogen) atoms. The molecule has 108 valence electrons. The maximum Gasteiger partial charge on any atom is 0.471 e. The van der Waals surface area contributed by atoms with Crippen LogP contribution in [0.15, 0.2) is 5.11 Å². The molecule has 1 fully saturated rings. The van der Waals surface area contributed by atoms with Gasteiger partial charge in [0.25, 0.3) is 0 Å². The van der Waals surface area contributed by atoms with Crippen molar-refractivity contribution >= 4 is 13.8 Å². The minimum absolute atomic E-state index is 0.128. The van der Waals surface area contributed by atoms with Crippen LogP contribution in [-0.2, 0) is 23.4 Å². The standard InChI is InChI=1S/C8H14N3O7P/c1-4-8(17-5(2)12)6(10-11-9)3-7(16-4)18-19(13,14)15/h4,6-8H,3H2,1-2H3,(H2,13,14,15)/t4-,6-,7-,8+/m0/s1. The van der Waals surface area contributed by atoms with Gasteiger partial charge in [-0.15, -0.1) is 0 Å². The summed E-state index contributed by atoms with van der Waals surface area (Å²) >= 11 is 0. The zero-order valence-corrected chi connectivity index (χ0v) is 11.1. The summed E-state index contributed by atoms with van der Waals surface area (Å²) in [5.74, 6) is -0.576. The molecule has 1 saturated heterocycles. The van der Waals surface area contributed by atoms with Gasteiger partial charge in [-0.25, -0.2) is 4.57 Å². The summed E-state index contributed by atoms with van der Waals surface area (Å²) < 4.78 is 25.3. The number of azide groups is 1. The fourth-order valence-corrected chi connectivity index (χ4v) is 2.22. The van der Waals surface area contributed by atoms with Crippen molar-refractivity contribution in [2.24, 2.45) is 5.11 Å². The van der Waals surface area contributed by atoms with E-state index in [4.69, 9.17) is 24.8 Å². The maximum absolute atomic E-state index is 10.9. The van der Waals surface area contributed by atoms with Gasteiger partial charge in [-0.2, -0.15) is 0 Å². The van der Waals surface area contributed by atoms with E-state index in [1.165, 1.54) is 13.8 Å². The lowest BCUT2D eigenvalue weighted by Crippen LogP contribution is -2.48. The molecular weight excluding hydrogens is 281 g/mol. The van der Waals surface area contributed by atoms with Gasteiger partial charge < -0.3 is 19.3 Å². The summed E-state index contributed by atoms with van der Waals surface area (Å²) in [6.45, 7) is 2.71. The van der Waals surface area contributed by atoms with Gasteiger partial charge in [0, 0.05) is 18.3 Å². The normalized spacial score (nSPS) is 31.4. The maximum atomic E-state index is 10.9. The Hall–Kier alpha value is -1.15. The zero-order chi connectivity index (χ0) is 14.6. The van der Waals surface area contributed by atoms with Crippen molar-refractivity contribution in [1.82, 2.24) is 0 Å². The third-order valence-electron chi connectivity index (χ3n) is 2.40. The minimum atomic E-state index is -4.72. The van der Waals surface area contributed by atoms with Crippen molar-refractivity contribution in [2.45, 2.75) is 44.8 Å². The van der Waals surface area contributed by atoms with Crippen LogP contribution >= 0.6 is 7.82 Å². The molecule has 0 aromatic carbocycles. The van der Waals surface area contributed by atoms with Crippen LogP contribution in [0.4, 0.5) is 0 Å². The van der Waals surface area contributed by atoms with E-state index in [-0.39, 0.29) is 6.42 Å². The Bertz CT molecular complexity index is 432. The van der Waals surface area contributed by atoms with Gasteiger partial charge in [0.1, 0.15) is 6.10 Å². The largest absolute Gasteiger partial charge is 0.471 e. The lowest BCUT2D eigenvalue weighted by atomic mass is 10.0. The quantitative estimate of drug-likeness (QED) is 0.256. The lowest BCUT2D eigenvalue weighted by molar-refractivity contribution is -0.205. The topological polar surface area (TPSA) is 151 Å². The van der Waals surface area contributed by atoms with E-state index in [0.717, 1.165) is 0 Å². The zero-order valence-electron chi connectivity index (χ0n) is 10.2. The smallest absolute Gasteiger partial charge is 0.459 e. The molecule has 0 amide bonds. The fraction of sp³-hybridized carbons (Fsp3) is 0.875. The molecule has 1 rings (SSSR count). The number of phosphoric ester groups is 1. The van der Waals surface area contributed by atoms with E-state index in [9.17, 15) is 9.36 Å². The summed E-state index contributed by atoms with van der Waals surface area (Å²) in [6, 6.07) is -0.825. The number of esters is 1. The number of carbonyl (C=O) groups excluding carboxylic acids is 1. The van der Waals surface area contributed by atoms with Gasteiger partial charge in [-0.3, -0.25) is 9.32 Å². The number of nitrogens with zero attached hydrogens (tertiary/aromatic N) is 3. The number of hydrogen-bond acceptors (Lipinski definition) is 6. The molecule has 1 aliphatic heterocycles. The minimum Gasteiger partial charge on any atom is -0.459 e. The Kier molecular flexibility index (Phi) is 5.30. The molecular formula is C8H14N3O7P. The van der Waals surface area contributed by atoms with Crippen LogP contribution in [0.1, 0.15) is 20.3 Å². The first-order chi connectivity index (χ1) is 8.73. The molecule has 0 radical (unpaired) electrons. The highest BCUT2D eigenvalue weighted by molar-refractivity contribution is 7.46. The number of rotatable bonds is 4. The highest BCUT2D eigenvalue weighted by atomic mass is 31.2. The third-order valence-corrected chi connectivity index (χ3v) is 2.91. The molecule has 0 unspecified atom stereocenters. The monoisotopic (exact) mass is 295 g/mol. The molecule has 0 saturated carbocycles. The van der Waals surface area contributed by atoms with Gasteiger partial charge in [0.15, 0.2) is 6.29 Å². The van der Waals surface area contributed by atoms with Crippen molar-refractivity contribution in [2.75, 3.05) is 0 Å². The molecule has 0 aliphatic carbocycles. The summed E-state index contributed by atoms with van der Waals surface area (Å²) in [4.78, 5) is 31.0. The predicted molar refractivity (Wildman–Crippen MR) is 60.6 cm³/mol. The highest BCUT2D eigenvalue weighted by Gasteiger charge is 2.40. The van der Waals surface area contributed by atoms with Crippen LogP contribution in [0, 0.1) is 0 Å². The van der Waals surface area contributed by atoms with Crippen molar-refractivity contribution < 1.29 is 33.1 Å². The molecule has 0 aromatic rings. The van der Waals surface area contributed by atoms with Crippen LogP contribution in [0.3, 0.4) is 0 Å². The molecule has 4 atom stereocenters. The predicted octanol–water partition coefficient (Wildman–Crippen LogP) is 0.841. The average Bonchev–Trinajstić information content (AvgIpc) is 2.20. The van der Waals surface area contributed by atoms with Crippen LogP contribution in [0.5, 0.6) is 0 Å². The second-order valence-electron chi connectivity index (χ2n) is 3.95. The Morgan fingerprint density at radius 1 is 1.58 bits per heavy atom. The number of hydrogen-bond donors (Lipinski definition) is 2. The van der Waals surface area contributed by atoms with E-state index >= 15 is 0 Å². The van der Waals surface area contributed by atoms with Crippen molar-refractivity contribution in [3.63, 3.8) is 0 Å². The van der Waals surface area contributed by atoms with E-state index in [1.807, 2.05) is 0 Å². The highest BCUT2D eigenvalue weighted by Crippen LogP contribution is 2.41. The Balaban J connectivity index is 2.82. The van der Waals surface area contributed by atoms with E-state index in [0.29, 0.717) is 0 Å². The Morgan fingerprint density at radius 3 is 2.68 bits per heavy atom. The first-order valence-corrected chi connectivity index (χ1v) is 6.87. The fourth-order valence-electron chi connectivity index (χ4n) is 1.78. The summed E-state index contributed by atoms with van der Waals surface area (Å²) in [6.07, 6.45) is -2.93. The van der Waals surface area contributed by atoms with Gasteiger partial charge >= 0.3 is 13.8 Å². The van der Waals surface area contributed by atoms with Crippen LogP contribution in [0.25, 0.3) is 10.4 Å². The number of carbonyl (C=O) groups is 1. The van der Waals surface area contributed by atoms with E-state index in [2.05, 4.69) is 14.5 Å². The summed E-state index contributed by atoms with van der Waals surface area (Å²) in [5, 5.41) is 3.44. The second kappa shape index (κ2) is 6.33. The number of ether oxygens (including phenoxy) is 2. The average molecular weight is 295 g/mol. The van der Waals surface area contributed by atoms with Crippen LogP contribution in [0.2, 0.25) is 0 Å². The Labute approximate surface area is 108 Å². The van der Waals surface area contributed by atoms with Crippen molar-refractivity contribution in [3.8, 4) is 0 Å². The molecule has 1 aliphatic rings. The molecule has 1 heterocycles. The van der Waals surface area contributed by atoms with E-state index < -0.39 is 38.3 Å². The lowest BCUT2D eigenvalue weighted by Gasteiger charge is -2.37.